The molecule has 1 aliphatic rings. The van der Waals surface area contributed by atoms with Crippen molar-refractivity contribution in [3.05, 3.63) is 66.8 Å². The van der Waals surface area contributed by atoms with E-state index in [2.05, 4.69) is 19.7 Å². The van der Waals surface area contributed by atoms with Crippen LogP contribution >= 0.6 is 0 Å². The maximum absolute atomic E-state index is 10.7. The van der Waals surface area contributed by atoms with Crippen LogP contribution in [-0.2, 0) is 19.1 Å². The Morgan fingerprint density at radius 2 is 1.89 bits per heavy atom. The summed E-state index contributed by atoms with van der Waals surface area (Å²) in [6.07, 6.45) is 4.53. The van der Waals surface area contributed by atoms with E-state index in [9.17, 15) is 9.59 Å². The molecule has 1 fully saturated rings. The molecule has 1 aliphatic heterocycles. The first-order valence-electron chi connectivity index (χ1n) is 8.84. The highest BCUT2D eigenvalue weighted by Gasteiger charge is 2.24. The van der Waals surface area contributed by atoms with E-state index in [-0.39, 0.29) is 12.1 Å². The Hall–Kier alpha value is -2.66. The van der Waals surface area contributed by atoms with E-state index in [0.717, 1.165) is 12.8 Å². The molecule has 0 radical (unpaired) electrons. The number of carboxylic acids is 1. The van der Waals surface area contributed by atoms with Gasteiger partial charge in [0, 0.05) is 11.1 Å². The van der Waals surface area contributed by atoms with Gasteiger partial charge in [0.1, 0.15) is 12.7 Å². The number of unbranched alkanes of at least 4 members (excludes halogenated alkanes) is 1. The lowest BCUT2D eigenvalue weighted by Crippen LogP contribution is -2.09. The molecule has 0 bridgehead atoms. The summed E-state index contributed by atoms with van der Waals surface area (Å²) in [5.74, 6) is -1.21. The summed E-state index contributed by atoms with van der Waals surface area (Å²) in [5, 5.41) is 8.31. The van der Waals surface area contributed by atoms with Gasteiger partial charge in [-0.1, -0.05) is 69.5 Å². The second kappa shape index (κ2) is 14.5. The Labute approximate surface area is 162 Å². The van der Waals surface area contributed by atoms with Crippen molar-refractivity contribution in [1.29, 1.82) is 0 Å². The molecule has 0 aromatic heterocycles. The van der Waals surface area contributed by atoms with Crippen molar-refractivity contribution in [2.45, 2.75) is 39.2 Å². The van der Waals surface area contributed by atoms with Crippen LogP contribution in [-0.4, -0.2) is 36.4 Å². The molecule has 5 nitrogen and oxygen atoms in total. The second-order valence-corrected chi connectivity index (χ2v) is 5.96. The molecular weight excluding hydrogens is 344 g/mol. The number of hydrogen-bond acceptors (Lipinski definition) is 4. The van der Waals surface area contributed by atoms with Gasteiger partial charge >= 0.3 is 11.9 Å². The molecule has 5 heteroatoms. The molecule has 1 unspecified atom stereocenters. The number of benzene rings is 1. The topological polar surface area (TPSA) is 76.1 Å². The third-order valence-electron chi connectivity index (χ3n) is 3.32. The number of carbonyl (C=O) groups excluding carboxylic acids is 1. The highest BCUT2D eigenvalue weighted by molar-refractivity contribution is 5.87. The first-order valence-corrected chi connectivity index (χ1v) is 8.84. The number of esters is 1. The molecule has 0 spiro atoms. The summed E-state index contributed by atoms with van der Waals surface area (Å²) in [5.41, 5.74) is 1.92. The van der Waals surface area contributed by atoms with Gasteiger partial charge in [0.25, 0.3) is 0 Å². The Balaban J connectivity index is 0.000000378. The van der Waals surface area contributed by atoms with E-state index in [1.165, 1.54) is 5.56 Å². The lowest BCUT2D eigenvalue weighted by atomic mass is 10.1. The van der Waals surface area contributed by atoms with Crippen LogP contribution in [0.5, 0.6) is 0 Å². The number of carboxylic acid groups (broad SMARTS) is 1. The van der Waals surface area contributed by atoms with Crippen molar-refractivity contribution >= 4 is 18.0 Å². The second-order valence-electron chi connectivity index (χ2n) is 5.96. The lowest BCUT2D eigenvalue weighted by Gasteiger charge is -1.99. The molecule has 0 saturated carbocycles. The lowest BCUT2D eigenvalue weighted by molar-refractivity contribution is -0.139. The van der Waals surface area contributed by atoms with Gasteiger partial charge in [-0.05, 0) is 25.3 Å². The summed E-state index contributed by atoms with van der Waals surface area (Å²) < 4.78 is 9.60. The third-order valence-corrected chi connectivity index (χ3v) is 3.32. The van der Waals surface area contributed by atoms with E-state index in [4.69, 9.17) is 14.6 Å². The SMILES string of the molecule is C=C(C)C(=O)OCC1CO1.C=C(CCCC)C(=O)O.C=Cc1ccccc1. The molecule has 148 valence electrons. The zero-order chi connectivity index (χ0) is 20.7. The van der Waals surface area contributed by atoms with Gasteiger partial charge in [0.15, 0.2) is 0 Å². The van der Waals surface area contributed by atoms with Crippen molar-refractivity contribution in [2.75, 3.05) is 13.2 Å². The number of hydrogen-bond donors (Lipinski definition) is 1. The van der Waals surface area contributed by atoms with Crippen LogP contribution in [0.2, 0.25) is 0 Å². The minimum atomic E-state index is -0.872. The molecule has 1 N–H and O–H groups in total. The number of rotatable bonds is 8. The van der Waals surface area contributed by atoms with E-state index in [1.807, 2.05) is 43.3 Å². The van der Waals surface area contributed by atoms with Gasteiger partial charge in [-0.25, -0.2) is 9.59 Å². The van der Waals surface area contributed by atoms with Gasteiger partial charge in [-0.15, -0.1) is 0 Å². The molecule has 1 aromatic rings. The van der Waals surface area contributed by atoms with Gasteiger partial charge in [0.2, 0.25) is 0 Å². The van der Waals surface area contributed by atoms with E-state index in [0.29, 0.717) is 30.8 Å². The summed E-state index contributed by atoms with van der Waals surface area (Å²) in [4.78, 5) is 20.8. The quantitative estimate of drug-likeness (QED) is 0.407. The fraction of sp³-hybridized carbons (Fsp3) is 0.364. The number of epoxide rings is 1. The predicted molar refractivity (Wildman–Crippen MR) is 108 cm³/mol. The number of carbonyl (C=O) groups is 2. The van der Waals surface area contributed by atoms with Gasteiger partial charge in [-0.2, -0.15) is 0 Å². The van der Waals surface area contributed by atoms with Crippen molar-refractivity contribution in [3.8, 4) is 0 Å². The van der Waals surface area contributed by atoms with Crippen LogP contribution in [0.3, 0.4) is 0 Å². The minimum Gasteiger partial charge on any atom is -0.478 e. The zero-order valence-corrected chi connectivity index (χ0v) is 16.3. The maximum atomic E-state index is 10.7. The van der Waals surface area contributed by atoms with Crippen LogP contribution in [0.25, 0.3) is 6.08 Å². The molecule has 1 heterocycles. The number of aliphatic carboxylic acids is 1. The summed E-state index contributed by atoms with van der Waals surface area (Å²) in [6, 6.07) is 10.0. The van der Waals surface area contributed by atoms with Gasteiger partial charge in [-0.3, -0.25) is 0 Å². The van der Waals surface area contributed by atoms with Crippen molar-refractivity contribution in [3.63, 3.8) is 0 Å². The maximum Gasteiger partial charge on any atom is 0.333 e. The standard InChI is InChI=1S/C8H8.C7H10O3.C7H12O2/c1-2-8-6-4-3-5-7-8;1-5(2)7(8)10-4-6-3-9-6;1-3-4-5-6(2)7(8)9/h2-7H,1H2;6H,1,3-4H2,2H3;2-5H2,1H3,(H,8,9). The van der Waals surface area contributed by atoms with Crippen LogP contribution < -0.4 is 0 Å². The van der Waals surface area contributed by atoms with Crippen molar-refractivity contribution < 1.29 is 24.2 Å². The first kappa shape index (κ1) is 24.3. The van der Waals surface area contributed by atoms with Crippen LogP contribution in [0, 0.1) is 0 Å². The van der Waals surface area contributed by atoms with Crippen LogP contribution in [0.1, 0.15) is 38.7 Å². The molecule has 0 amide bonds. The molecular formula is C22H30O5. The van der Waals surface area contributed by atoms with Crippen molar-refractivity contribution in [1.82, 2.24) is 0 Å². The summed E-state index contributed by atoms with van der Waals surface area (Å²) in [6.45, 7) is 15.2. The Morgan fingerprint density at radius 3 is 2.26 bits per heavy atom. The highest BCUT2D eigenvalue weighted by Crippen LogP contribution is 2.09. The fourth-order valence-electron chi connectivity index (χ4n) is 1.54. The fourth-order valence-corrected chi connectivity index (χ4v) is 1.54. The highest BCUT2D eigenvalue weighted by atomic mass is 16.6. The van der Waals surface area contributed by atoms with E-state index >= 15 is 0 Å². The average Bonchev–Trinajstić information content (AvgIpc) is 3.50. The Bertz CT molecular complexity index is 615. The third kappa shape index (κ3) is 14.2. The molecule has 1 saturated heterocycles. The van der Waals surface area contributed by atoms with Crippen LogP contribution in [0.15, 0.2) is 61.2 Å². The zero-order valence-electron chi connectivity index (χ0n) is 16.3. The minimum absolute atomic E-state index is 0.142. The van der Waals surface area contributed by atoms with Gasteiger partial charge < -0.3 is 14.6 Å². The molecule has 0 aliphatic carbocycles. The molecule has 1 atom stereocenters. The Kier molecular flexibility index (Phi) is 13.1. The van der Waals surface area contributed by atoms with Gasteiger partial charge in [0.05, 0.1) is 6.61 Å². The van der Waals surface area contributed by atoms with E-state index in [1.54, 1.807) is 6.92 Å². The average molecular weight is 374 g/mol. The normalized spacial score (nSPS) is 13.6. The monoisotopic (exact) mass is 374 g/mol. The largest absolute Gasteiger partial charge is 0.478 e. The van der Waals surface area contributed by atoms with E-state index < -0.39 is 5.97 Å². The Morgan fingerprint density at radius 1 is 1.30 bits per heavy atom. The van der Waals surface area contributed by atoms with Crippen molar-refractivity contribution in [2.24, 2.45) is 0 Å². The molecule has 2 rings (SSSR count). The first-order chi connectivity index (χ1) is 12.8. The molecule has 27 heavy (non-hydrogen) atoms. The summed E-state index contributed by atoms with van der Waals surface area (Å²) in [7, 11) is 0. The number of ether oxygens (including phenoxy) is 2. The predicted octanol–water partition coefficient (Wildman–Crippen LogP) is 4.65. The molecule has 1 aromatic carbocycles. The van der Waals surface area contributed by atoms with Crippen LogP contribution in [0.4, 0.5) is 0 Å². The summed E-state index contributed by atoms with van der Waals surface area (Å²) >= 11 is 0. The smallest absolute Gasteiger partial charge is 0.333 e.